The summed E-state index contributed by atoms with van der Waals surface area (Å²) < 4.78 is -0.149. The minimum absolute atomic E-state index is 0.0363. The molecule has 2 amide bonds. The number of carbonyl (C=O) groups excluding carboxylic acids is 2. The third kappa shape index (κ3) is 6.07. The molecule has 1 saturated heterocycles. The average molecular weight is 395 g/mol. The molecule has 26 heavy (non-hydrogen) atoms. The SMILES string of the molecule is CCc1ccc(/C=C2\SC(S)N(CCCCCCC(=O)NO)C2=O)cc1. The van der Waals surface area contributed by atoms with Crippen LogP contribution < -0.4 is 5.48 Å². The number of carbonyl (C=O) groups is 2. The van der Waals surface area contributed by atoms with Gasteiger partial charge in [0.15, 0.2) is 0 Å². The van der Waals surface area contributed by atoms with Crippen molar-refractivity contribution in [1.82, 2.24) is 10.4 Å². The molecule has 1 heterocycles. The lowest BCUT2D eigenvalue weighted by Gasteiger charge is -2.18. The van der Waals surface area contributed by atoms with E-state index in [4.69, 9.17) is 5.21 Å². The number of benzene rings is 1. The van der Waals surface area contributed by atoms with E-state index in [9.17, 15) is 9.59 Å². The fraction of sp³-hybridized carbons (Fsp3) is 0.474. The van der Waals surface area contributed by atoms with Crippen molar-refractivity contribution in [3.8, 4) is 0 Å². The van der Waals surface area contributed by atoms with Gasteiger partial charge in [0.05, 0.1) is 4.91 Å². The molecule has 0 radical (unpaired) electrons. The Morgan fingerprint density at radius 1 is 1.27 bits per heavy atom. The third-order valence-electron chi connectivity index (χ3n) is 4.33. The molecule has 0 aliphatic carbocycles. The topological polar surface area (TPSA) is 69.6 Å². The maximum absolute atomic E-state index is 12.6. The molecule has 2 rings (SSSR count). The number of aryl methyl sites for hydroxylation is 1. The lowest BCUT2D eigenvalue weighted by Crippen LogP contribution is -2.30. The van der Waals surface area contributed by atoms with Crippen molar-refractivity contribution in [3.05, 3.63) is 40.3 Å². The molecule has 5 nitrogen and oxygen atoms in total. The molecule has 0 bridgehead atoms. The van der Waals surface area contributed by atoms with E-state index in [1.54, 1.807) is 10.4 Å². The number of amides is 2. The summed E-state index contributed by atoms with van der Waals surface area (Å²) >= 11 is 6.02. The normalized spacial score (nSPS) is 18.6. The summed E-state index contributed by atoms with van der Waals surface area (Å²) in [5, 5.41) is 8.44. The molecule has 1 aliphatic heterocycles. The summed E-state index contributed by atoms with van der Waals surface area (Å²) in [4.78, 5) is 26.0. The maximum Gasteiger partial charge on any atom is 0.261 e. The van der Waals surface area contributed by atoms with Gasteiger partial charge in [0, 0.05) is 13.0 Å². The maximum atomic E-state index is 12.6. The van der Waals surface area contributed by atoms with Crippen LogP contribution in [-0.2, 0) is 16.0 Å². The van der Waals surface area contributed by atoms with E-state index >= 15 is 0 Å². The highest BCUT2D eigenvalue weighted by atomic mass is 32.2. The first-order valence-electron chi connectivity index (χ1n) is 8.94. The number of nitrogens with zero attached hydrogens (tertiary/aromatic N) is 1. The van der Waals surface area contributed by atoms with Gasteiger partial charge in [0.25, 0.3) is 5.91 Å². The van der Waals surface area contributed by atoms with Crippen molar-refractivity contribution in [3.63, 3.8) is 0 Å². The van der Waals surface area contributed by atoms with Gasteiger partial charge in [-0.1, -0.05) is 55.8 Å². The zero-order valence-corrected chi connectivity index (χ0v) is 16.7. The highest BCUT2D eigenvalue weighted by molar-refractivity contribution is 8.14. The molecule has 1 aromatic rings. The van der Waals surface area contributed by atoms with Gasteiger partial charge in [-0.3, -0.25) is 14.8 Å². The molecule has 0 aromatic heterocycles. The van der Waals surface area contributed by atoms with E-state index in [0.717, 1.165) is 42.6 Å². The summed E-state index contributed by atoms with van der Waals surface area (Å²) in [5.41, 5.74) is 3.94. The molecule has 7 heteroatoms. The van der Waals surface area contributed by atoms with E-state index < -0.39 is 0 Å². The highest BCUT2D eigenvalue weighted by Gasteiger charge is 2.33. The van der Waals surface area contributed by atoms with Crippen molar-refractivity contribution in [2.75, 3.05) is 6.54 Å². The first-order valence-corrected chi connectivity index (χ1v) is 10.3. The number of hydroxylamine groups is 1. The fourth-order valence-electron chi connectivity index (χ4n) is 2.76. The van der Waals surface area contributed by atoms with E-state index in [0.29, 0.717) is 13.0 Å². The monoisotopic (exact) mass is 394 g/mol. The highest BCUT2D eigenvalue weighted by Crippen LogP contribution is 2.38. The molecule has 1 unspecified atom stereocenters. The van der Waals surface area contributed by atoms with Gasteiger partial charge in [-0.25, -0.2) is 5.48 Å². The second-order valence-electron chi connectivity index (χ2n) is 6.25. The van der Waals surface area contributed by atoms with E-state index in [1.165, 1.54) is 17.3 Å². The molecule has 1 atom stereocenters. The van der Waals surface area contributed by atoms with E-state index in [2.05, 4.69) is 31.7 Å². The quantitative estimate of drug-likeness (QED) is 0.196. The Labute approximate surface area is 164 Å². The molecule has 2 N–H and O–H groups in total. The first-order chi connectivity index (χ1) is 12.5. The smallest absolute Gasteiger partial charge is 0.261 e. The van der Waals surface area contributed by atoms with Crippen molar-refractivity contribution in [1.29, 1.82) is 0 Å². The molecular weight excluding hydrogens is 368 g/mol. The van der Waals surface area contributed by atoms with Crippen LogP contribution in [0.4, 0.5) is 0 Å². The average Bonchev–Trinajstić information content (AvgIpc) is 2.91. The molecule has 0 saturated carbocycles. The molecular formula is C19H26N2O3S2. The number of hydrogen-bond acceptors (Lipinski definition) is 5. The Morgan fingerprint density at radius 3 is 2.62 bits per heavy atom. The van der Waals surface area contributed by atoms with Crippen LogP contribution >= 0.6 is 24.4 Å². The standard InChI is InChI=1S/C19H26N2O3S2/c1-2-14-8-10-15(11-9-14)13-16-18(23)21(19(25)26-16)12-6-4-3-5-7-17(22)20-24/h8-11,13,19,24-25H,2-7,12H2,1H3,(H,20,22)/b16-13-. The van der Waals surface area contributed by atoms with Crippen molar-refractivity contribution in [2.45, 2.75) is 50.2 Å². The Kier molecular flexibility index (Phi) is 8.54. The summed E-state index contributed by atoms with van der Waals surface area (Å²) in [6, 6.07) is 8.25. The predicted octanol–water partition coefficient (Wildman–Crippen LogP) is 3.83. The number of thioether (sulfide) groups is 1. The van der Waals surface area contributed by atoms with Crippen LogP contribution in [0.3, 0.4) is 0 Å². The van der Waals surface area contributed by atoms with Crippen molar-refractivity contribution in [2.24, 2.45) is 0 Å². The Hall–Kier alpha value is -1.44. The van der Waals surface area contributed by atoms with E-state index in [1.807, 2.05) is 18.2 Å². The number of unbranched alkanes of at least 4 members (excludes halogenated alkanes) is 3. The molecule has 1 aliphatic rings. The summed E-state index contributed by atoms with van der Waals surface area (Å²) in [7, 11) is 0. The molecule has 0 spiro atoms. The van der Waals surface area contributed by atoms with Crippen molar-refractivity contribution >= 4 is 42.3 Å². The van der Waals surface area contributed by atoms with Gasteiger partial charge in [-0.05, 0) is 36.5 Å². The van der Waals surface area contributed by atoms with E-state index in [-0.39, 0.29) is 16.5 Å². The summed E-state index contributed by atoms with van der Waals surface area (Å²) in [6.45, 7) is 2.78. The van der Waals surface area contributed by atoms with Crippen LogP contribution in [0.25, 0.3) is 6.08 Å². The second kappa shape index (κ2) is 10.6. The number of rotatable bonds is 9. The number of hydrogen-bond donors (Lipinski definition) is 3. The van der Waals surface area contributed by atoms with Crippen LogP contribution in [0.5, 0.6) is 0 Å². The van der Waals surface area contributed by atoms with Gasteiger partial charge in [-0.2, -0.15) is 0 Å². The first kappa shape index (κ1) is 20.9. The van der Waals surface area contributed by atoms with Crippen LogP contribution in [0.1, 0.15) is 50.2 Å². The van der Waals surface area contributed by atoms with Gasteiger partial charge >= 0.3 is 0 Å². The number of nitrogens with one attached hydrogen (secondary N) is 1. The fourth-order valence-corrected chi connectivity index (χ4v) is 4.29. The largest absolute Gasteiger partial charge is 0.317 e. The van der Waals surface area contributed by atoms with Crippen LogP contribution in [0.2, 0.25) is 0 Å². The zero-order chi connectivity index (χ0) is 18.9. The summed E-state index contributed by atoms with van der Waals surface area (Å²) in [6.07, 6.45) is 6.71. The van der Waals surface area contributed by atoms with Crippen LogP contribution in [-0.4, -0.2) is 33.2 Å². The molecule has 1 aromatic carbocycles. The van der Waals surface area contributed by atoms with Crippen molar-refractivity contribution < 1.29 is 14.8 Å². The number of thiol groups is 1. The molecule has 1 fully saturated rings. The van der Waals surface area contributed by atoms with Gasteiger partial charge in [0.1, 0.15) is 4.71 Å². The van der Waals surface area contributed by atoms with Crippen LogP contribution in [0, 0.1) is 0 Å². The lowest BCUT2D eigenvalue weighted by atomic mass is 10.1. The summed E-state index contributed by atoms with van der Waals surface area (Å²) in [5.74, 6) is -0.317. The predicted molar refractivity (Wildman–Crippen MR) is 109 cm³/mol. The lowest BCUT2D eigenvalue weighted by molar-refractivity contribution is -0.129. The Bertz CT molecular complexity index is 647. The second-order valence-corrected chi connectivity index (χ2v) is 8.21. The molecule has 142 valence electrons. The van der Waals surface area contributed by atoms with Gasteiger partial charge < -0.3 is 4.90 Å². The van der Waals surface area contributed by atoms with Gasteiger partial charge in [-0.15, -0.1) is 12.6 Å². The Balaban J connectivity index is 1.81. The zero-order valence-electron chi connectivity index (χ0n) is 15.0. The van der Waals surface area contributed by atoms with Crippen LogP contribution in [0.15, 0.2) is 29.2 Å². The third-order valence-corrected chi connectivity index (χ3v) is 5.94. The Morgan fingerprint density at radius 2 is 1.96 bits per heavy atom. The minimum Gasteiger partial charge on any atom is -0.317 e. The van der Waals surface area contributed by atoms with Gasteiger partial charge in [0.2, 0.25) is 5.91 Å². The minimum atomic E-state index is -0.353.